The van der Waals surface area contributed by atoms with Crippen molar-refractivity contribution in [3.8, 4) is 0 Å². The van der Waals surface area contributed by atoms with Gasteiger partial charge in [0.05, 0.1) is 0 Å². The topological polar surface area (TPSA) is 84.5 Å². The number of aliphatic carboxylic acids is 2. The normalized spacial score (nSPS) is 15.6. The van der Waals surface area contributed by atoms with E-state index in [1.807, 2.05) is 71.8 Å². The Morgan fingerprint density at radius 3 is 1.45 bits per heavy atom. The molecule has 0 aliphatic heterocycles. The quantitative estimate of drug-likeness (QED) is 0.458. The Kier molecular flexibility index (Phi) is 4.89. The van der Waals surface area contributed by atoms with Crippen LogP contribution in [0.4, 0.5) is 0 Å². The van der Waals surface area contributed by atoms with Crippen molar-refractivity contribution in [1.29, 1.82) is 0 Å². The second-order valence-electron chi connectivity index (χ2n) is 8.12. The van der Waals surface area contributed by atoms with Gasteiger partial charge in [-0.1, -0.05) is 36.4 Å². The largest absolute Gasteiger partial charge is 0.480 e. The molecule has 0 saturated carbocycles. The van der Waals surface area contributed by atoms with E-state index >= 15 is 0 Å². The van der Waals surface area contributed by atoms with Crippen molar-refractivity contribution in [1.82, 2.24) is 9.13 Å². The fraction of sp³-hybridized carbons (Fsp3) is 0.250. The predicted octanol–water partition coefficient (Wildman–Crippen LogP) is 4.70. The molecule has 0 bridgehead atoms. The number of fused-ring (bicyclic) bond motifs is 2. The van der Waals surface area contributed by atoms with Crippen LogP contribution in [0, 0.1) is 0 Å². The molecule has 160 valence electrons. The number of hydrogen-bond donors (Lipinski definition) is 2. The lowest BCUT2D eigenvalue weighted by Crippen LogP contribution is -2.38. The molecule has 2 atom stereocenters. The lowest BCUT2D eigenvalue weighted by molar-refractivity contribution is -0.139. The minimum absolute atomic E-state index is 0.579. The molecule has 31 heavy (non-hydrogen) atoms. The number of carbonyl (C=O) groups is 2. The lowest BCUT2D eigenvalue weighted by atomic mass is 9.98. The number of thioether (sulfide) groups is 1. The van der Waals surface area contributed by atoms with Gasteiger partial charge in [-0.3, -0.25) is 9.59 Å². The molecule has 2 unspecified atom stereocenters. The number of hydrogen-bond acceptors (Lipinski definition) is 3. The molecule has 2 aromatic carbocycles. The number of carboxylic acids is 2. The van der Waals surface area contributed by atoms with Crippen molar-refractivity contribution >= 4 is 45.5 Å². The summed E-state index contributed by atoms with van der Waals surface area (Å²) >= 11 is 0.947. The number of rotatable bonds is 6. The van der Waals surface area contributed by atoms with E-state index in [1.54, 1.807) is 26.2 Å². The summed E-state index contributed by atoms with van der Waals surface area (Å²) in [5, 5.41) is 22.3. The van der Waals surface area contributed by atoms with Crippen LogP contribution in [0.3, 0.4) is 0 Å². The monoisotopic (exact) mass is 436 g/mol. The first-order valence-electron chi connectivity index (χ1n) is 9.85. The van der Waals surface area contributed by atoms with Gasteiger partial charge in [0.2, 0.25) is 0 Å². The molecule has 4 aromatic rings. The van der Waals surface area contributed by atoms with E-state index in [9.17, 15) is 19.8 Å². The van der Waals surface area contributed by atoms with Crippen molar-refractivity contribution in [3.63, 3.8) is 0 Å². The van der Waals surface area contributed by atoms with Gasteiger partial charge in [0.1, 0.15) is 9.49 Å². The van der Waals surface area contributed by atoms with E-state index in [4.69, 9.17) is 0 Å². The first-order chi connectivity index (χ1) is 14.6. The molecule has 2 N–H and O–H groups in total. The van der Waals surface area contributed by atoms with Gasteiger partial charge >= 0.3 is 11.9 Å². The Labute approximate surface area is 184 Å². The zero-order chi connectivity index (χ0) is 22.6. The molecule has 2 heterocycles. The third kappa shape index (κ3) is 3.11. The standard InChI is InChI=1S/C24H24N2O4S/c1-23(21(27)28,17-13-25(3)19-11-7-5-9-15(17)19)31-24(2,22(29)30)18-14-26(4)20-12-8-6-10-16(18)20/h5-14H,1-4H3,(H,27,28)(H,29,30). The van der Waals surface area contributed by atoms with Gasteiger partial charge < -0.3 is 19.3 Å². The van der Waals surface area contributed by atoms with Crippen LogP contribution in [0.2, 0.25) is 0 Å². The summed E-state index contributed by atoms with van der Waals surface area (Å²) < 4.78 is 0.765. The molecular formula is C24H24N2O4S. The Morgan fingerprint density at radius 2 is 1.10 bits per heavy atom. The second-order valence-corrected chi connectivity index (χ2v) is 9.96. The van der Waals surface area contributed by atoms with Crippen LogP contribution in [0.1, 0.15) is 25.0 Å². The summed E-state index contributed by atoms with van der Waals surface area (Å²) in [4.78, 5) is 25.3. The smallest absolute Gasteiger partial charge is 0.324 e. The number of nitrogens with zero attached hydrogens (tertiary/aromatic N) is 2. The maximum atomic E-state index is 12.6. The number of para-hydroxylation sites is 2. The maximum absolute atomic E-state index is 12.6. The molecular weight excluding hydrogens is 412 g/mol. The second kappa shape index (κ2) is 7.20. The maximum Gasteiger partial charge on any atom is 0.324 e. The Bertz CT molecular complexity index is 1240. The average molecular weight is 437 g/mol. The zero-order valence-corrected chi connectivity index (χ0v) is 18.6. The molecule has 2 aromatic heterocycles. The van der Waals surface area contributed by atoms with Crippen LogP contribution in [0.5, 0.6) is 0 Å². The molecule has 0 aliphatic carbocycles. The van der Waals surface area contributed by atoms with E-state index in [2.05, 4.69) is 0 Å². The highest BCUT2D eigenvalue weighted by Crippen LogP contribution is 2.52. The molecule has 0 amide bonds. The van der Waals surface area contributed by atoms with Crippen molar-refractivity contribution in [2.45, 2.75) is 23.3 Å². The van der Waals surface area contributed by atoms with E-state index in [0.717, 1.165) is 33.6 Å². The number of aryl methyl sites for hydroxylation is 2. The van der Waals surface area contributed by atoms with Crippen LogP contribution in [-0.4, -0.2) is 31.3 Å². The first kappa shape index (κ1) is 21.1. The highest BCUT2D eigenvalue weighted by atomic mass is 32.2. The highest BCUT2D eigenvalue weighted by molar-refractivity contribution is 8.02. The van der Waals surface area contributed by atoms with Gasteiger partial charge in [0.15, 0.2) is 0 Å². The van der Waals surface area contributed by atoms with Crippen molar-refractivity contribution in [3.05, 3.63) is 72.1 Å². The molecule has 0 fully saturated rings. The third-order valence-corrected chi connectivity index (χ3v) is 7.65. The van der Waals surface area contributed by atoms with E-state index in [0.29, 0.717) is 11.1 Å². The van der Waals surface area contributed by atoms with Gasteiger partial charge in [-0.15, -0.1) is 11.8 Å². The minimum atomic E-state index is -1.50. The van der Waals surface area contributed by atoms with Gasteiger partial charge in [-0.2, -0.15) is 0 Å². The van der Waals surface area contributed by atoms with E-state index < -0.39 is 21.4 Å². The van der Waals surface area contributed by atoms with Crippen LogP contribution >= 0.6 is 11.8 Å². The Hall–Kier alpha value is -3.19. The molecule has 6 nitrogen and oxygen atoms in total. The number of carboxylic acid groups (broad SMARTS) is 2. The minimum Gasteiger partial charge on any atom is -0.480 e. The summed E-state index contributed by atoms with van der Waals surface area (Å²) in [5.41, 5.74) is 2.95. The van der Waals surface area contributed by atoms with E-state index in [1.165, 1.54) is 0 Å². The molecule has 0 radical (unpaired) electrons. The van der Waals surface area contributed by atoms with Gasteiger partial charge in [-0.25, -0.2) is 0 Å². The number of benzene rings is 2. The van der Waals surface area contributed by atoms with Crippen molar-refractivity contribution < 1.29 is 19.8 Å². The summed E-state index contributed by atoms with van der Waals surface area (Å²) in [5.74, 6) is -2.16. The SMILES string of the molecule is Cn1cc(C(C)(SC(C)(C(=O)O)c2cn(C)c3ccccc23)C(=O)O)c2ccccc21. The van der Waals surface area contributed by atoms with Gasteiger partial charge in [0, 0.05) is 59.4 Å². The van der Waals surface area contributed by atoms with Crippen LogP contribution < -0.4 is 0 Å². The lowest BCUT2D eigenvalue weighted by Gasteiger charge is -2.34. The predicted molar refractivity (Wildman–Crippen MR) is 123 cm³/mol. The van der Waals surface area contributed by atoms with Crippen LogP contribution in [-0.2, 0) is 33.2 Å². The van der Waals surface area contributed by atoms with Gasteiger partial charge in [0.25, 0.3) is 0 Å². The molecule has 0 spiro atoms. The van der Waals surface area contributed by atoms with Crippen LogP contribution in [0.15, 0.2) is 60.9 Å². The molecule has 0 saturated heterocycles. The zero-order valence-electron chi connectivity index (χ0n) is 17.8. The third-order valence-electron chi connectivity index (χ3n) is 6.05. The van der Waals surface area contributed by atoms with Crippen LogP contribution in [0.25, 0.3) is 21.8 Å². The summed E-state index contributed by atoms with van der Waals surface area (Å²) in [6, 6.07) is 15.1. The summed E-state index contributed by atoms with van der Waals surface area (Å²) in [6.45, 7) is 3.18. The van der Waals surface area contributed by atoms with Gasteiger partial charge in [-0.05, 0) is 26.0 Å². The Morgan fingerprint density at radius 1 is 0.742 bits per heavy atom. The van der Waals surface area contributed by atoms with E-state index in [-0.39, 0.29) is 0 Å². The molecule has 4 rings (SSSR count). The fourth-order valence-electron chi connectivity index (χ4n) is 4.28. The van der Waals surface area contributed by atoms with Crippen molar-refractivity contribution in [2.75, 3.05) is 0 Å². The Balaban J connectivity index is 1.94. The number of aromatic nitrogens is 2. The summed E-state index contributed by atoms with van der Waals surface area (Å²) in [7, 11) is 3.72. The first-order valence-corrected chi connectivity index (χ1v) is 10.7. The highest BCUT2D eigenvalue weighted by Gasteiger charge is 2.50. The van der Waals surface area contributed by atoms with Crippen molar-refractivity contribution in [2.24, 2.45) is 14.1 Å². The summed E-state index contributed by atoms with van der Waals surface area (Å²) in [6.07, 6.45) is 3.58. The molecule has 0 aliphatic rings. The average Bonchev–Trinajstić information content (AvgIpc) is 3.26. The fourth-order valence-corrected chi connectivity index (χ4v) is 5.82. The molecule has 7 heteroatoms.